The number of rotatable bonds is 4. The molecule has 1 saturated carbocycles. The predicted octanol–water partition coefficient (Wildman–Crippen LogP) is 2.67. The molecule has 4 heteroatoms. The van der Waals surface area contributed by atoms with Gasteiger partial charge in [-0.3, -0.25) is 0 Å². The molecule has 1 aromatic heterocycles. The van der Waals surface area contributed by atoms with E-state index >= 15 is 0 Å². The van der Waals surface area contributed by atoms with E-state index in [0.29, 0.717) is 16.6 Å². The molecule has 3 nitrogen and oxygen atoms in total. The first-order chi connectivity index (χ1) is 8.25. The Morgan fingerprint density at radius 2 is 2.12 bits per heavy atom. The minimum atomic E-state index is 0.323. The average molecular weight is 250 g/mol. The Bertz CT molecular complexity index is 372. The molecule has 0 radical (unpaired) electrons. The Kier molecular flexibility index (Phi) is 4.31. The van der Waals surface area contributed by atoms with Crippen molar-refractivity contribution in [3.05, 3.63) is 24.0 Å². The molecule has 0 amide bonds. The third-order valence-electron chi connectivity index (χ3n) is 3.20. The highest BCUT2D eigenvalue weighted by Gasteiger charge is 2.13. The van der Waals surface area contributed by atoms with E-state index in [9.17, 15) is 0 Å². The smallest absolute Gasteiger partial charge is 0.137 e. The molecule has 1 fully saturated rings. The summed E-state index contributed by atoms with van der Waals surface area (Å²) in [6, 6.07) is 3.68. The number of nitrogens with zero attached hydrogens (tertiary/aromatic N) is 1. The number of pyridine rings is 1. The van der Waals surface area contributed by atoms with Crippen LogP contribution in [0.15, 0.2) is 18.3 Å². The van der Waals surface area contributed by atoms with Crippen molar-refractivity contribution in [3.63, 3.8) is 0 Å². The molecule has 92 valence electrons. The summed E-state index contributed by atoms with van der Waals surface area (Å²) in [5, 5.41) is 0. The van der Waals surface area contributed by atoms with Crippen molar-refractivity contribution in [2.75, 3.05) is 6.61 Å². The van der Waals surface area contributed by atoms with Gasteiger partial charge in [0, 0.05) is 0 Å². The van der Waals surface area contributed by atoms with Crippen molar-refractivity contribution >= 4 is 17.2 Å². The van der Waals surface area contributed by atoms with Crippen LogP contribution in [-0.4, -0.2) is 16.6 Å². The summed E-state index contributed by atoms with van der Waals surface area (Å²) < 4.78 is 5.73. The molecular formula is C13H18N2OS. The van der Waals surface area contributed by atoms with Gasteiger partial charge in [-0.15, -0.1) is 0 Å². The number of thiocarbonyl (C=S) groups is 1. The van der Waals surface area contributed by atoms with E-state index in [1.54, 1.807) is 12.3 Å². The van der Waals surface area contributed by atoms with Crippen LogP contribution in [0.4, 0.5) is 0 Å². The van der Waals surface area contributed by atoms with Gasteiger partial charge in [0.1, 0.15) is 10.7 Å². The Labute approximate surface area is 107 Å². The molecule has 2 N–H and O–H groups in total. The summed E-state index contributed by atoms with van der Waals surface area (Å²) in [6.45, 7) is 0.800. The summed E-state index contributed by atoms with van der Waals surface area (Å²) >= 11 is 4.85. The van der Waals surface area contributed by atoms with Crippen LogP contribution < -0.4 is 10.5 Å². The lowest BCUT2D eigenvalue weighted by molar-refractivity contribution is 0.208. The van der Waals surface area contributed by atoms with E-state index in [1.807, 2.05) is 6.07 Å². The van der Waals surface area contributed by atoms with E-state index in [2.05, 4.69) is 4.98 Å². The summed E-state index contributed by atoms with van der Waals surface area (Å²) in [5.74, 6) is 1.51. The Morgan fingerprint density at radius 3 is 2.71 bits per heavy atom. The van der Waals surface area contributed by atoms with Crippen molar-refractivity contribution in [3.8, 4) is 5.75 Å². The number of ether oxygens (including phenoxy) is 1. The van der Waals surface area contributed by atoms with Gasteiger partial charge in [0.2, 0.25) is 0 Å². The van der Waals surface area contributed by atoms with Gasteiger partial charge in [-0.2, -0.15) is 0 Å². The quantitative estimate of drug-likeness (QED) is 0.835. The molecule has 0 saturated heterocycles. The van der Waals surface area contributed by atoms with Gasteiger partial charge in [0.05, 0.1) is 18.5 Å². The SMILES string of the molecule is NC(=S)c1ccc(OCC2CCCCC2)cn1. The maximum Gasteiger partial charge on any atom is 0.137 e. The zero-order chi connectivity index (χ0) is 12.1. The molecule has 0 aliphatic heterocycles. The Hall–Kier alpha value is -1.16. The fourth-order valence-electron chi connectivity index (χ4n) is 2.18. The van der Waals surface area contributed by atoms with E-state index in [4.69, 9.17) is 22.7 Å². The maximum absolute atomic E-state index is 5.73. The second-order valence-corrected chi connectivity index (χ2v) is 5.00. The second kappa shape index (κ2) is 5.96. The molecule has 1 aliphatic rings. The van der Waals surface area contributed by atoms with Crippen LogP contribution in [0.5, 0.6) is 5.75 Å². The van der Waals surface area contributed by atoms with Gasteiger partial charge >= 0.3 is 0 Å². The van der Waals surface area contributed by atoms with Crippen molar-refractivity contribution in [1.82, 2.24) is 4.98 Å². The van der Waals surface area contributed by atoms with Gasteiger partial charge in [0.25, 0.3) is 0 Å². The number of aromatic nitrogens is 1. The van der Waals surface area contributed by atoms with E-state index in [0.717, 1.165) is 12.4 Å². The molecule has 0 spiro atoms. The lowest BCUT2D eigenvalue weighted by Gasteiger charge is -2.21. The van der Waals surface area contributed by atoms with Crippen LogP contribution in [0.1, 0.15) is 37.8 Å². The second-order valence-electron chi connectivity index (χ2n) is 4.56. The fourth-order valence-corrected chi connectivity index (χ4v) is 2.30. The zero-order valence-corrected chi connectivity index (χ0v) is 10.7. The number of hydrogen-bond donors (Lipinski definition) is 1. The lowest BCUT2D eigenvalue weighted by Crippen LogP contribution is -2.15. The molecule has 0 unspecified atom stereocenters. The number of nitrogens with two attached hydrogens (primary N) is 1. The summed E-state index contributed by atoms with van der Waals surface area (Å²) in [7, 11) is 0. The van der Waals surface area contributed by atoms with Crippen molar-refractivity contribution in [2.45, 2.75) is 32.1 Å². The zero-order valence-electron chi connectivity index (χ0n) is 9.89. The van der Waals surface area contributed by atoms with Gasteiger partial charge in [-0.05, 0) is 30.9 Å². The molecule has 1 aromatic rings. The summed E-state index contributed by atoms with van der Waals surface area (Å²) in [4.78, 5) is 4.47. The highest BCUT2D eigenvalue weighted by molar-refractivity contribution is 7.80. The monoisotopic (exact) mass is 250 g/mol. The summed E-state index contributed by atoms with van der Waals surface area (Å²) in [5.41, 5.74) is 6.13. The lowest BCUT2D eigenvalue weighted by atomic mass is 9.90. The highest BCUT2D eigenvalue weighted by Crippen LogP contribution is 2.24. The predicted molar refractivity (Wildman–Crippen MR) is 72.2 cm³/mol. The van der Waals surface area contributed by atoms with Crippen molar-refractivity contribution in [2.24, 2.45) is 11.7 Å². The van der Waals surface area contributed by atoms with Crippen molar-refractivity contribution < 1.29 is 4.74 Å². The Balaban J connectivity index is 1.84. The first kappa shape index (κ1) is 12.3. The van der Waals surface area contributed by atoms with E-state index in [1.165, 1.54) is 32.1 Å². The fraction of sp³-hybridized carbons (Fsp3) is 0.538. The third kappa shape index (κ3) is 3.66. The summed E-state index contributed by atoms with van der Waals surface area (Å²) in [6.07, 6.45) is 8.33. The Morgan fingerprint density at radius 1 is 1.35 bits per heavy atom. The number of hydrogen-bond acceptors (Lipinski definition) is 3. The van der Waals surface area contributed by atoms with Crippen LogP contribution in [0, 0.1) is 5.92 Å². The first-order valence-corrected chi connectivity index (χ1v) is 6.55. The normalized spacial score (nSPS) is 16.7. The van der Waals surface area contributed by atoms with Crippen LogP contribution in [0.2, 0.25) is 0 Å². The minimum absolute atomic E-state index is 0.323. The third-order valence-corrected chi connectivity index (χ3v) is 3.41. The molecule has 0 aromatic carbocycles. The standard InChI is InChI=1S/C13H18N2OS/c14-13(17)12-7-6-11(8-15-12)16-9-10-4-2-1-3-5-10/h6-8,10H,1-5,9H2,(H2,14,17). The molecule has 2 rings (SSSR count). The van der Waals surface area contributed by atoms with Crippen LogP contribution in [0.3, 0.4) is 0 Å². The molecule has 1 heterocycles. The molecule has 17 heavy (non-hydrogen) atoms. The largest absolute Gasteiger partial charge is 0.492 e. The highest BCUT2D eigenvalue weighted by atomic mass is 32.1. The van der Waals surface area contributed by atoms with Crippen LogP contribution in [-0.2, 0) is 0 Å². The van der Waals surface area contributed by atoms with E-state index < -0.39 is 0 Å². The molecule has 0 atom stereocenters. The maximum atomic E-state index is 5.73. The van der Waals surface area contributed by atoms with Crippen molar-refractivity contribution in [1.29, 1.82) is 0 Å². The van der Waals surface area contributed by atoms with E-state index in [-0.39, 0.29) is 0 Å². The topological polar surface area (TPSA) is 48.1 Å². The van der Waals surface area contributed by atoms with Gasteiger partial charge in [0.15, 0.2) is 0 Å². The van der Waals surface area contributed by atoms with Crippen LogP contribution >= 0.6 is 12.2 Å². The minimum Gasteiger partial charge on any atom is -0.492 e. The molecule has 0 bridgehead atoms. The van der Waals surface area contributed by atoms with Gasteiger partial charge in [-0.25, -0.2) is 4.98 Å². The molecule has 1 aliphatic carbocycles. The van der Waals surface area contributed by atoms with Crippen LogP contribution in [0.25, 0.3) is 0 Å². The average Bonchev–Trinajstić information content (AvgIpc) is 2.38. The van der Waals surface area contributed by atoms with Gasteiger partial charge in [-0.1, -0.05) is 31.5 Å². The molecular weight excluding hydrogens is 232 g/mol. The first-order valence-electron chi connectivity index (χ1n) is 6.14. The van der Waals surface area contributed by atoms with Gasteiger partial charge < -0.3 is 10.5 Å².